The van der Waals surface area contributed by atoms with E-state index in [-0.39, 0.29) is 6.10 Å². The van der Waals surface area contributed by atoms with E-state index in [0.717, 1.165) is 0 Å². The Hall–Kier alpha value is -0.160. The van der Waals surface area contributed by atoms with Crippen molar-refractivity contribution >= 4 is 0 Å². The van der Waals surface area contributed by atoms with E-state index in [1.54, 1.807) is 7.11 Å². The number of ether oxygens (including phenoxy) is 2. The zero-order valence-electron chi connectivity index (χ0n) is 10.6. The van der Waals surface area contributed by atoms with E-state index >= 15 is 0 Å². The van der Waals surface area contributed by atoms with Gasteiger partial charge in [-0.3, -0.25) is 0 Å². The number of nitrogens with zero attached hydrogens (tertiary/aromatic N) is 1. The van der Waals surface area contributed by atoms with Gasteiger partial charge in [0.1, 0.15) is 0 Å². The summed E-state index contributed by atoms with van der Waals surface area (Å²) in [7, 11) is 3.63. The second-order valence-electron chi connectivity index (χ2n) is 4.29. The molecule has 0 aromatic heterocycles. The summed E-state index contributed by atoms with van der Waals surface area (Å²) in [6, 6.07) is 0.441. The molecule has 0 saturated heterocycles. The maximum atomic E-state index is 9.68. The highest BCUT2D eigenvalue weighted by molar-refractivity contribution is 4.64. The van der Waals surface area contributed by atoms with Crippen LogP contribution in [-0.2, 0) is 9.47 Å². The number of hydrogen-bond donors (Lipinski definition) is 1. The van der Waals surface area contributed by atoms with Crippen molar-refractivity contribution in [3.8, 4) is 0 Å². The van der Waals surface area contributed by atoms with Crippen molar-refractivity contribution in [2.45, 2.75) is 39.0 Å². The molecule has 0 aromatic carbocycles. The van der Waals surface area contributed by atoms with Gasteiger partial charge in [-0.25, -0.2) is 0 Å². The maximum absolute atomic E-state index is 9.68. The van der Waals surface area contributed by atoms with E-state index < -0.39 is 6.10 Å². The first-order valence-electron chi connectivity index (χ1n) is 5.46. The van der Waals surface area contributed by atoms with Crippen molar-refractivity contribution in [1.82, 2.24) is 4.90 Å². The number of methoxy groups -OCH3 is 1. The highest BCUT2D eigenvalue weighted by atomic mass is 16.5. The first-order valence-corrected chi connectivity index (χ1v) is 5.46. The van der Waals surface area contributed by atoms with Crippen LogP contribution in [0.15, 0.2) is 0 Å². The van der Waals surface area contributed by atoms with Gasteiger partial charge in [0.25, 0.3) is 0 Å². The molecule has 4 nitrogen and oxygen atoms in total. The highest BCUT2D eigenvalue weighted by Gasteiger charge is 2.12. The zero-order chi connectivity index (χ0) is 11.8. The molecule has 0 aliphatic carbocycles. The topological polar surface area (TPSA) is 41.9 Å². The normalized spacial score (nSPS) is 16.0. The number of likely N-dealkylation sites (N-methyl/N-ethyl adjacent to an activating group) is 1. The molecule has 0 bridgehead atoms. The largest absolute Gasteiger partial charge is 0.389 e. The Balaban J connectivity index is 3.60. The standard InChI is InChI=1S/C11H25NO3/c1-9(2)12(4)6-11(13)8-15-10(3)7-14-5/h9-11,13H,6-8H2,1-5H3. The van der Waals surface area contributed by atoms with Crippen LogP contribution in [0.1, 0.15) is 20.8 Å². The van der Waals surface area contributed by atoms with E-state index in [9.17, 15) is 5.11 Å². The fraction of sp³-hybridized carbons (Fsp3) is 1.00. The lowest BCUT2D eigenvalue weighted by atomic mass is 10.3. The summed E-state index contributed by atoms with van der Waals surface area (Å²) >= 11 is 0. The van der Waals surface area contributed by atoms with Gasteiger partial charge in [-0.1, -0.05) is 0 Å². The molecule has 92 valence electrons. The van der Waals surface area contributed by atoms with Crippen LogP contribution in [0.25, 0.3) is 0 Å². The quantitative estimate of drug-likeness (QED) is 0.654. The van der Waals surface area contributed by atoms with Crippen LogP contribution >= 0.6 is 0 Å². The molecule has 0 heterocycles. The molecule has 0 aromatic rings. The predicted molar refractivity (Wildman–Crippen MR) is 61.1 cm³/mol. The number of aliphatic hydroxyl groups is 1. The molecule has 0 aliphatic rings. The number of rotatable bonds is 8. The van der Waals surface area contributed by atoms with Crippen LogP contribution in [0, 0.1) is 0 Å². The molecular weight excluding hydrogens is 194 g/mol. The summed E-state index contributed by atoms with van der Waals surface area (Å²) < 4.78 is 10.4. The SMILES string of the molecule is COCC(C)OCC(O)CN(C)C(C)C. The summed E-state index contributed by atoms with van der Waals surface area (Å²) in [4.78, 5) is 2.09. The van der Waals surface area contributed by atoms with Gasteiger partial charge < -0.3 is 19.5 Å². The number of aliphatic hydroxyl groups excluding tert-OH is 1. The van der Waals surface area contributed by atoms with Gasteiger partial charge >= 0.3 is 0 Å². The van der Waals surface area contributed by atoms with Crippen LogP contribution in [0.3, 0.4) is 0 Å². The lowest BCUT2D eigenvalue weighted by Gasteiger charge is -2.24. The molecular formula is C11H25NO3. The van der Waals surface area contributed by atoms with Gasteiger partial charge in [0.05, 0.1) is 25.4 Å². The van der Waals surface area contributed by atoms with E-state index in [2.05, 4.69) is 18.7 Å². The molecule has 2 unspecified atom stereocenters. The van der Waals surface area contributed by atoms with Crippen molar-refractivity contribution in [3.05, 3.63) is 0 Å². The van der Waals surface area contributed by atoms with Crippen LogP contribution < -0.4 is 0 Å². The molecule has 15 heavy (non-hydrogen) atoms. The Morgan fingerprint density at radius 1 is 1.20 bits per heavy atom. The highest BCUT2D eigenvalue weighted by Crippen LogP contribution is 1.99. The van der Waals surface area contributed by atoms with Crippen molar-refractivity contribution in [3.63, 3.8) is 0 Å². The molecule has 4 heteroatoms. The van der Waals surface area contributed by atoms with E-state index in [1.165, 1.54) is 0 Å². The van der Waals surface area contributed by atoms with Crippen molar-refractivity contribution in [2.75, 3.05) is 33.9 Å². The van der Waals surface area contributed by atoms with Crippen LogP contribution in [-0.4, -0.2) is 62.2 Å². The van der Waals surface area contributed by atoms with Crippen LogP contribution in [0.5, 0.6) is 0 Å². The van der Waals surface area contributed by atoms with Crippen molar-refractivity contribution in [1.29, 1.82) is 0 Å². The molecule has 2 atom stereocenters. The third kappa shape index (κ3) is 7.73. The number of hydrogen-bond acceptors (Lipinski definition) is 4. The minimum atomic E-state index is -0.434. The average Bonchev–Trinajstić information content (AvgIpc) is 2.15. The second-order valence-corrected chi connectivity index (χ2v) is 4.29. The predicted octanol–water partition coefficient (Wildman–Crippen LogP) is 0.739. The summed E-state index contributed by atoms with van der Waals surface area (Å²) in [6.45, 7) is 7.69. The average molecular weight is 219 g/mol. The monoisotopic (exact) mass is 219 g/mol. The van der Waals surface area contributed by atoms with Gasteiger partial charge in [-0.2, -0.15) is 0 Å². The Morgan fingerprint density at radius 3 is 2.27 bits per heavy atom. The van der Waals surface area contributed by atoms with Gasteiger partial charge in [-0.05, 0) is 27.8 Å². The molecule has 0 saturated carbocycles. The first kappa shape index (κ1) is 14.8. The maximum Gasteiger partial charge on any atom is 0.0900 e. The third-order valence-electron chi connectivity index (χ3n) is 2.35. The van der Waals surface area contributed by atoms with Gasteiger partial charge in [0.2, 0.25) is 0 Å². The molecule has 0 fully saturated rings. The minimum Gasteiger partial charge on any atom is -0.389 e. The van der Waals surface area contributed by atoms with E-state index in [0.29, 0.717) is 25.8 Å². The smallest absolute Gasteiger partial charge is 0.0900 e. The zero-order valence-corrected chi connectivity index (χ0v) is 10.6. The Labute approximate surface area is 93.2 Å². The summed E-state index contributed by atoms with van der Waals surface area (Å²) in [5.41, 5.74) is 0. The Bertz CT molecular complexity index is 153. The molecule has 0 amide bonds. The van der Waals surface area contributed by atoms with Crippen molar-refractivity contribution < 1.29 is 14.6 Å². The molecule has 0 radical (unpaired) electrons. The summed E-state index contributed by atoms with van der Waals surface area (Å²) in [5.74, 6) is 0. The molecule has 0 aliphatic heterocycles. The van der Waals surface area contributed by atoms with Crippen LogP contribution in [0.4, 0.5) is 0 Å². The summed E-state index contributed by atoms with van der Waals surface area (Å²) in [5, 5.41) is 9.68. The Morgan fingerprint density at radius 2 is 1.80 bits per heavy atom. The lowest BCUT2D eigenvalue weighted by molar-refractivity contribution is -0.0397. The minimum absolute atomic E-state index is 0.0361. The molecule has 0 rings (SSSR count). The fourth-order valence-electron chi connectivity index (χ4n) is 1.15. The summed E-state index contributed by atoms with van der Waals surface area (Å²) in [6.07, 6.45) is -0.397. The van der Waals surface area contributed by atoms with Crippen LogP contribution in [0.2, 0.25) is 0 Å². The third-order valence-corrected chi connectivity index (χ3v) is 2.35. The first-order chi connectivity index (χ1) is 6.97. The Kier molecular flexibility index (Phi) is 7.96. The second kappa shape index (κ2) is 8.05. The lowest BCUT2D eigenvalue weighted by Crippen LogP contribution is -2.37. The molecule has 0 spiro atoms. The molecule has 1 N–H and O–H groups in total. The van der Waals surface area contributed by atoms with Crippen molar-refractivity contribution in [2.24, 2.45) is 0 Å². The van der Waals surface area contributed by atoms with Gasteiger partial charge in [-0.15, -0.1) is 0 Å². The van der Waals surface area contributed by atoms with Gasteiger partial charge in [0.15, 0.2) is 0 Å². The van der Waals surface area contributed by atoms with Gasteiger partial charge in [0, 0.05) is 19.7 Å². The fourth-order valence-corrected chi connectivity index (χ4v) is 1.15. The van der Waals surface area contributed by atoms with E-state index in [1.807, 2.05) is 14.0 Å². The van der Waals surface area contributed by atoms with E-state index in [4.69, 9.17) is 9.47 Å².